The molecular formula is C15H14N2O2. The molecule has 2 aromatic rings. The fraction of sp³-hybridized carbons (Fsp3) is 0.333. The molecular weight excluding hydrogens is 240 g/mol. The number of H-pyrrole nitrogens is 1. The normalized spacial score (nSPS) is 22.5. The molecule has 4 heteroatoms. The molecule has 1 aliphatic rings. The summed E-state index contributed by atoms with van der Waals surface area (Å²) in [7, 11) is 0. The van der Waals surface area contributed by atoms with E-state index in [4.69, 9.17) is 5.26 Å². The van der Waals surface area contributed by atoms with E-state index in [-0.39, 0.29) is 11.8 Å². The molecule has 1 saturated carbocycles. The van der Waals surface area contributed by atoms with Crippen LogP contribution >= 0.6 is 0 Å². The summed E-state index contributed by atoms with van der Waals surface area (Å²) >= 11 is 0. The van der Waals surface area contributed by atoms with Gasteiger partial charge in [0.15, 0.2) is 0 Å². The van der Waals surface area contributed by atoms with E-state index in [9.17, 15) is 9.90 Å². The van der Waals surface area contributed by atoms with Crippen molar-refractivity contribution in [3.8, 4) is 6.07 Å². The van der Waals surface area contributed by atoms with E-state index >= 15 is 0 Å². The molecule has 1 aromatic carbocycles. The molecule has 1 unspecified atom stereocenters. The Morgan fingerprint density at radius 2 is 2.26 bits per heavy atom. The standard InChI is InChI=1S/C15H14N2O2/c16-7-10-8-17-14-5-4-9(6-13(10)14)11-2-1-3-12(11)15(18)19/h4-6,8,11-12,17H,1-3H2,(H,18,19)/t11?,12-/m0/s1. The highest BCUT2D eigenvalue weighted by Gasteiger charge is 2.33. The summed E-state index contributed by atoms with van der Waals surface area (Å²) in [5, 5.41) is 19.2. The summed E-state index contributed by atoms with van der Waals surface area (Å²) in [5.74, 6) is -0.928. The number of carboxylic acid groups (broad SMARTS) is 1. The molecule has 1 fully saturated rings. The third kappa shape index (κ3) is 1.88. The molecule has 2 N–H and O–H groups in total. The van der Waals surface area contributed by atoms with E-state index in [1.807, 2.05) is 18.2 Å². The summed E-state index contributed by atoms with van der Waals surface area (Å²) < 4.78 is 0. The molecule has 4 nitrogen and oxygen atoms in total. The molecule has 0 bridgehead atoms. The molecule has 0 aliphatic heterocycles. The lowest BCUT2D eigenvalue weighted by Crippen LogP contribution is -2.16. The van der Waals surface area contributed by atoms with Crippen molar-refractivity contribution < 1.29 is 9.90 Å². The van der Waals surface area contributed by atoms with Gasteiger partial charge in [0, 0.05) is 17.1 Å². The van der Waals surface area contributed by atoms with E-state index < -0.39 is 5.97 Å². The Morgan fingerprint density at radius 3 is 3.00 bits per heavy atom. The van der Waals surface area contributed by atoms with Crippen molar-refractivity contribution in [2.75, 3.05) is 0 Å². The van der Waals surface area contributed by atoms with E-state index in [0.29, 0.717) is 5.56 Å². The van der Waals surface area contributed by atoms with Crippen molar-refractivity contribution in [2.24, 2.45) is 5.92 Å². The third-order valence-electron chi connectivity index (χ3n) is 4.09. The molecule has 0 spiro atoms. The van der Waals surface area contributed by atoms with Gasteiger partial charge < -0.3 is 10.1 Å². The fourth-order valence-electron chi connectivity index (χ4n) is 3.12. The van der Waals surface area contributed by atoms with Gasteiger partial charge in [0.05, 0.1) is 11.5 Å². The predicted molar refractivity (Wildman–Crippen MR) is 70.7 cm³/mol. The zero-order valence-corrected chi connectivity index (χ0v) is 10.4. The molecule has 1 heterocycles. The maximum atomic E-state index is 11.3. The zero-order valence-electron chi connectivity index (χ0n) is 10.4. The first kappa shape index (κ1) is 11.8. The van der Waals surface area contributed by atoms with Crippen molar-refractivity contribution >= 4 is 16.9 Å². The average Bonchev–Trinajstić information content (AvgIpc) is 3.04. The first-order valence-electron chi connectivity index (χ1n) is 6.44. The van der Waals surface area contributed by atoms with Crippen molar-refractivity contribution in [1.82, 2.24) is 4.98 Å². The van der Waals surface area contributed by atoms with Gasteiger partial charge in [-0.25, -0.2) is 0 Å². The number of nitrogens with zero attached hydrogens (tertiary/aromatic N) is 1. The molecule has 0 radical (unpaired) electrons. The maximum Gasteiger partial charge on any atom is 0.307 e. The average molecular weight is 254 g/mol. The van der Waals surface area contributed by atoms with Gasteiger partial charge in [-0.1, -0.05) is 12.5 Å². The van der Waals surface area contributed by atoms with Crippen molar-refractivity contribution in [1.29, 1.82) is 5.26 Å². The van der Waals surface area contributed by atoms with Crippen LogP contribution in [-0.4, -0.2) is 16.1 Å². The molecule has 19 heavy (non-hydrogen) atoms. The molecule has 3 rings (SSSR count). The van der Waals surface area contributed by atoms with Crippen molar-refractivity contribution in [2.45, 2.75) is 25.2 Å². The highest BCUT2D eigenvalue weighted by molar-refractivity contribution is 5.86. The number of nitrogens with one attached hydrogen (secondary N) is 1. The second kappa shape index (κ2) is 4.43. The fourth-order valence-corrected chi connectivity index (χ4v) is 3.12. The second-order valence-corrected chi connectivity index (χ2v) is 5.10. The van der Waals surface area contributed by atoms with Crippen molar-refractivity contribution in [3.63, 3.8) is 0 Å². The summed E-state index contributed by atoms with van der Waals surface area (Å²) in [5.41, 5.74) is 2.57. The zero-order chi connectivity index (χ0) is 13.4. The number of hydrogen-bond donors (Lipinski definition) is 2. The minimum Gasteiger partial charge on any atom is -0.481 e. The lowest BCUT2D eigenvalue weighted by molar-refractivity contribution is -0.142. The lowest BCUT2D eigenvalue weighted by atomic mass is 9.88. The van der Waals surface area contributed by atoms with Crippen LogP contribution in [0.25, 0.3) is 10.9 Å². The summed E-state index contributed by atoms with van der Waals surface area (Å²) in [6.45, 7) is 0. The number of aliphatic carboxylic acids is 1. The van der Waals surface area contributed by atoms with Gasteiger partial charge in [0.1, 0.15) is 6.07 Å². The van der Waals surface area contributed by atoms with E-state index in [0.717, 1.165) is 35.7 Å². The van der Waals surface area contributed by atoms with Gasteiger partial charge in [0.25, 0.3) is 0 Å². The SMILES string of the molecule is N#Cc1c[nH]c2ccc(C3CCC[C@@H]3C(=O)O)cc12. The van der Waals surface area contributed by atoms with Crippen molar-refractivity contribution in [3.05, 3.63) is 35.5 Å². The van der Waals surface area contributed by atoms with Crippen LogP contribution < -0.4 is 0 Å². The van der Waals surface area contributed by atoms with Crippen LogP contribution in [0.2, 0.25) is 0 Å². The summed E-state index contributed by atoms with van der Waals surface area (Å²) in [4.78, 5) is 14.3. The predicted octanol–water partition coefficient (Wildman–Crippen LogP) is 3.01. The van der Waals surface area contributed by atoms with E-state index in [1.165, 1.54) is 0 Å². The summed E-state index contributed by atoms with van der Waals surface area (Å²) in [6.07, 6.45) is 4.31. The molecule has 2 atom stereocenters. The van der Waals surface area contributed by atoms with Crippen LogP contribution in [0.4, 0.5) is 0 Å². The topological polar surface area (TPSA) is 76.9 Å². The monoisotopic (exact) mass is 254 g/mol. The van der Waals surface area contributed by atoms with Gasteiger partial charge >= 0.3 is 5.97 Å². The summed E-state index contributed by atoms with van der Waals surface area (Å²) in [6, 6.07) is 8.03. The second-order valence-electron chi connectivity index (χ2n) is 5.10. The molecule has 0 saturated heterocycles. The minimum absolute atomic E-state index is 0.0725. The number of aromatic nitrogens is 1. The van der Waals surface area contributed by atoms with Crippen LogP contribution in [0.15, 0.2) is 24.4 Å². The highest BCUT2D eigenvalue weighted by Crippen LogP contribution is 2.40. The number of hydrogen-bond acceptors (Lipinski definition) is 2. The molecule has 0 amide bonds. The molecule has 1 aliphatic carbocycles. The largest absolute Gasteiger partial charge is 0.481 e. The van der Waals surface area contributed by atoms with Gasteiger partial charge in [-0.3, -0.25) is 4.79 Å². The van der Waals surface area contributed by atoms with Crippen LogP contribution in [0, 0.1) is 17.2 Å². The first-order valence-corrected chi connectivity index (χ1v) is 6.44. The Kier molecular flexibility index (Phi) is 2.75. The number of carboxylic acids is 1. The molecule has 1 aromatic heterocycles. The number of carbonyl (C=O) groups is 1. The number of rotatable bonds is 2. The quantitative estimate of drug-likeness (QED) is 0.864. The number of aromatic amines is 1. The number of benzene rings is 1. The Hall–Kier alpha value is -2.28. The maximum absolute atomic E-state index is 11.3. The van der Waals surface area contributed by atoms with Crippen LogP contribution in [0.3, 0.4) is 0 Å². The Labute approximate surface area is 110 Å². The van der Waals surface area contributed by atoms with Gasteiger partial charge in [0.2, 0.25) is 0 Å². The Bertz CT molecular complexity index is 681. The minimum atomic E-state index is -0.711. The number of fused-ring (bicyclic) bond motifs is 1. The van der Waals surface area contributed by atoms with E-state index in [2.05, 4.69) is 11.1 Å². The smallest absolute Gasteiger partial charge is 0.307 e. The van der Waals surface area contributed by atoms with Gasteiger partial charge in [-0.05, 0) is 36.5 Å². The van der Waals surface area contributed by atoms with Crippen LogP contribution in [-0.2, 0) is 4.79 Å². The van der Waals surface area contributed by atoms with Gasteiger partial charge in [-0.15, -0.1) is 0 Å². The van der Waals surface area contributed by atoms with Crippen LogP contribution in [0.5, 0.6) is 0 Å². The first-order chi connectivity index (χ1) is 9.20. The van der Waals surface area contributed by atoms with Crippen LogP contribution in [0.1, 0.15) is 36.3 Å². The highest BCUT2D eigenvalue weighted by atomic mass is 16.4. The lowest BCUT2D eigenvalue weighted by Gasteiger charge is -2.16. The van der Waals surface area contributed by atoms with Gasteiger partial charge in [-0.2, -0.15) is 5.26 Å². The Morgan fingerprint density at radius 1 is 1.42 bits per heavy atom. The Balaban J connectivity index is 2.05. The molecule has 96 valence electrons. The van der Waals surface area contributed by atoms with E-state index in [1.54, 1.807) is 6.20 Å². The number of nitriles is 1. The third-order valence-corrected chi connectivity index (χ3v) is 4.09.